The fourth-order valence-electron chi connectivity index (χ4n) is 1.94. The highest BCUT2D eigenvalue weighted by atomic mass is 14.0. The average molecular weight is 278 g/mol. The van der Waals surface area contributed by atoms with Gasteiger partial charge in [-0.15, -0.1) is 0 Å². The Morgan fingerprint density at radius 1 is 0.857 bits per heavy atom. The molecule has 2 rings (SSSR count). The zero-order valence-corrected chi connectivity index (χ0v) is 13.6. The van der Waals surface area contributed by atoms with Crippen molar-refractivity contribution in [3.05, 3.63) is 84.0 Å². The summed E-state index contributed by atoms with van der Waals surface area (Å²) in [6.07, 6.45) is 7.49. The van der Waals surface area contributed by atoms with Crippen molar-refractivity contribution in [2.45, 2.75) is 34.1 Å². The van der Waals surface area contributed by atoms with Crippen molar-refractivity contribution < 1.29 is 0 Å². The monoisotopic (exact) mass is 278 g/mol. The Bertz CT molecular complexity index is 557. The Hall–Kier alpha value is -2.08. The second-order valence-corrected chi connectivity index (χ2v) is 4.70. The van der Waals surface area contributed by atoms with Crippen LogP contribution in [0.4, 0.5) is 0 Å². The Kier molecular flexibility index (Phi) is 7.89. The maximum atomic E-state index is 2.22. The van der Waals surface area contributed by atoms with E-state index in [9.17, 15) is 0 Å². The van der Waals surface area contributed by atoms with Gasteiger partial charge in [0, 0.05) is 0 Å². The van der Waals surface area contributed by atoms with E-state index >= 15 is 0 Å². The maximum Gasteiger partial charge on any atom is -0.00942 e. The molecule has 2 aromatic carbocycles. The summed E-state index contributed by atoms with van der Waals surface area (Å²) in [5.41, 5.74) is 5.20. The van der Waals surface area contributed by atoms with E-state index in [4.69, 9.17) is 0 Å². The van der Waals surface area contributed by atoms with Crippen molar-refractivity contribution in [3.8, 4) is 11.1 Å². The smallest absolute Gasteiger partial charge is 0.00942 e. The fourth-order valence-corrected chi connectivity index (χ4v) is 1.94. The van der Waals surface area contributed by atoms with Crippen LogP contribution in [-0.4, -0.2) is 0 Å². The third-order valence-corrected chi connectivity index (χ3v) is 3.25. The van der Waals surface area contributed by atoms with E-state index in [-0.39, 0.29) is 0 Å². The van der Waals surface area contributed by atoms with Crippen LogP contribution in [0.3, 0.4) is 0 Å². The van der Waals surface area contributed by atoms with E-state index < -0.39 is 0 Å². The lowest BCUT2D eigenvalue weighted by atomic mass is 10.0. The molecule has 0 N–H and O–H groups in total. The van der Waals surface area contributed by atoms with Gasteiger partial charge in [-0.25, -0.2) is 0 Å². The molecule has 0 saturated heterocycles. The van der Waals surface area contributed by atoms with Crippen LogP contribution in [0.2, 0.25) is 0 Å². The van der Waals surface area contributed by atoms with Gasteiger partial charge >= 0.3 is 0 Å². The van der Waals surface area contributed by atoms with E-state index in [1.54, 1.807) is 0 Å². The maximum absolute atomic E-state index is 2.22. The normalized spacial score (nSPS) is 11.1. The van der Waals surface area contributed by atoms with Crippen LogP contribution < -0.4 is 0 Å². The molecule has 0 aliphatic carbocycles. The van der Waals surface area contributed by atoms with E-state index in [0.29, 0.717) is 0 Å². The van der Waals surface area contributed by atoms with Crippen molar-refractivity contribution in [1.29, 1.82) is 0 Å². The molecule has 0 bridgehead atoms. The van der Waals surface area contributed by atoms with Gasteiger partial charge in [-0.3, -0.25) is 0 Å². The number of rotatable bonds is 4. The topological polar surface area (TPSA) is 0 Å². The molecule has 0 heteroatoms. The second kappa shape index (κ2) is 9.77. The number of hydrogen-bond acceptors (Lipinski definition) is 0. The molecule has 0 spiro atoms. The van der Waals surface area contributed by atoms with E-state index in [1.165, 1.54) is 22.3 Å². The molecule has 21 heavy (non-hydrogen) atoms. The molecule has 0 saturated carbocycles. The van der Waals surface area contributed by atoms with Gasteiger partial charge in [0.2, 0.25) is 0 Å². The van der Waals surface area contributed by atoms with Crippen molar-refractivity contribution >= 4 is 0 Å². The molecule has 110 valence electrons. The van der Waals surface area contributed by atoms with Crippen LogP contribution in [0.25, 0.3) is 11.1 Å². The Labute approximate surface area is 129 Å². The molecule has 0 radical (unpaired) electrons. The first-order chi connectivity index (χ1) is 10.3. The van der Waals surface area contributed by atoms with Crippen LogP contribution in [0.15, 0.2) is 78.4 Å². The van der Waals surface area contributed by atoms with Gasteiger partial charge in [0.1, 0.15) is 0 Å². The third-order valence-electron chi connectivity index (χ3n) is 3.25. The fraction of sp³-hybridized carbons (Fsp3) is 0.238. The summed E-state index contributed by atoms with van der Waals surface area (Å²) < 4.78 is 0. The predicted octanol–water partition coefficient (Wildman–Crippen LogP) is 6.44. The van der Waals surface area contributed by atoms with Crippen molar-refractivity contribution in [2.75, 3.05) is 0 Å². The van der Waals surface area contributed by atoms with Gasteiger partial charge in [-0.05, 0) is 37.0 Å². The van der Waals surface area contributed by atoms with Crippen LogP contribution in [0.5, 0.6) is 0 Å². The van der Waals surface area contributed by atoms with Gasteiger partial charge < -0.3 is 0 Å². The standard InChI is InChI=1S/C19H20.C2H6/c1-3-16(2)8-7-9-17-12-14-19(15-13-17)18-10-5-4-6-11-18;1-2/h3-8,10-15H,9H2,1-2H3;1-2H3/b8-7-,16-3-;. The van der Waals surface area contributed by atoms with Crippen LogP contribution in [0, 0.1) is 0 Å². The highest BCUT2D eigenvalue weighted by Crippen LogP contribution is 2.19. The number of hydrogen-bond donors (Lipinski definition) is 0. The van der Waals surface area contributed by atoms with Gasteiger partial charge in [0.25, 0.3) is 0 Å². The van der Waals surface area contributed by atoms with Crippen molar-refractivity contribution in [3.63, 3.8) is 0 Å². The molecular formula is C21H26. The van der Waals surface area contributed by atoms with E-state index in [0.717, 1.165) is 6.42 Å². The molecule has 0 aliphatic rings. The van der Waals surface area contributed by atoms with E-state index in [2.05, 4.69) is 80.6 Å². The molecule has 0 heterocycles. The summed E-state index contributed by atoms with van der Waals surface area (Å²) in [6.45, 7) is 8.18. The summed E-state index contributed by atoms with van der Waals surface area (Å²) in [4.78, 5) is 0. The van der Waals surface area contributed by atoms with Crippen molar-refractivity contribution in [1.82, 2.24) is 0 Å². The zero-order valence-electron chi connectivity index (χ0n) is 13.6. The summed E-state index contributed by atoms with van der Waals surface area (Å²) in [5.74, 6) is 0. The molecular weight excluding hydrogens is 252 g/mol. The van der Waals surface area contributed by atoms with Gasteiger partial charge in [-0.1, -0.05) is 92.2 Å². The predicted molar refractivity (Wildman–Crippen MR) is 95.5 cm³/mol. The summed E-state index contributed by atoms with van der Waals surface area (Å²) >= 11 is 0. The van der Waals surface area contributed by atoms with Crippen LogP contribution >= 0.6 is 0 Å². The molecule has 0 atom stereocenters. The lowest BCUT2D eigenvalue weighted by molar-refractivity contribution is 1.26. The highest BCUT2D eigenvalue weighted by molar-refractivity contribution is 5.63. The molecule has 0 nitrogen and oxygen atoms in total. The average Bonchev–Trinajstić information content (AvgIpc) is 2.58. The van der Waals surface area contributed by atoms with Crippen LogP contribution in [-0.2, 0) is 6.42 Å². The zero-order chi connectivity index (χ0) is 15.5. The molecule has 2 aromatic rings. The quantitative estimate of drug-likeness (QED) is 0.564. The van der Waals surface area contributed by atoms with E-state index in [1.807, 2.05) is 19.9 Å². The summed E-state index contributed by atoms with van der Waals surface area (Å²) in [5, 5.41) is 0. The van der Waals surface area contributed by atoms with Crippen molar-refractivity contribution in [2.24, 2.45) is 0 Å². The Balaban J connectivity index is 0.00000106. The third kappa shape index (κ3) is 5.83. The van der Waals surface area contributed by atoms with Gasteiger partial charge in [0.15, 0.2) is 0 Å². The molecule has 0 fully saturated rings. The van der Waals surface area contributed by atoms with Gasteiger partial charge in [0.05, 0.1) is 0 Å². The number of allylic oxidation sites excluding steroid dienone is 4. The first-order valence-corrected chi connectivity index (χ1v) is 7.73. The highest BCUT2D eigenvalue weighted by Gasteiger charge is 1.96. The van der Waals surface area contributed by atoms with Gasteiger partial charge in [-0.2, -0.15) is 0 Å². The molecule has 0 aromatic heterocycles. The molecule has 0 aliphatic heterocycles. The first kappa shape index (κ1) is 17.0. The minimum atomic E-state index is 0.986. The lowest BCUT2D eigenvalue weighted by Crippen LogP contribution is -1.82. The molecule has 0 amide bonds. The Morgan fingerprint density at radius 3 is 2.00 bits per heavy atom. The largest absolute Gasteiger partial charge is 0.0847 e. The lowest BCUT2D eigenvalue weighted by Gasteiger charge is -2.02. The Morgan fingerprint density at radius 2 is 1.43 bits per heavy atom. The summed E-state index contributed by atoms with van der Waals surface area (Å²) in [7, 11) is 0. The summed E-state index contributed by atoms with van der Waals surface area (Å²) in [6, 6.07) is 19.3. The molecule has 0 unspecified atom stereocenters. The second-order valence-electron chi connectivity index (χ2n) is 4.70. The minimum absolute atomic E-state index is 0.986. The minimum Gasteiger partial charge on any atom is -0.0847 e. The SMILES string of the molecule is C/C=C(C)\C=C/Cc1ccc(-c2ccccc2)cc1.CC. The first-order valence-electron chi connectivity index (χ1n) is 7.73. The number of benzene rings is 2. The van der Waals surface area contributed by atoms with Crippen LogP contribution in [0.1, 0.15) is 33.3 Å².